The topological polar surface area (TPSA) is 12.4 Å². The van der Waals surface area contributed by atoms with E-state index in [1.807, 2.05) is 48.5 Å². The first-order chi connectivity index (χ1) is 15.3. The standard InChI is InChI=1S/C27H21Cl2NP/c28-21-26(30-27(29)22-13-5-1-6-14-22)31(23-15-7-2-8-16-23,24-17-9-3-10-18-24)25-19-11-4-12-20-25/h1-21H/q+1/b26-21-,30-27-. The van der Waals surface area contributed by atoms with Crippen molar-refractivity contribution < 1.29 is 0 Å². The largest absolute Gasteiger partial charge is 0.211 e. The van der Waals surface area contributed by atoms with Crippen LogP contribution in [0, 0.1) is 0 Å². The number of nitrogens with zero attached hydrogens (tertiary/aromatic N) is 1. The normalized spacial score (nSPS) is 12.6. The fourth-order valence-corrected chi connectivity index (χ4v) is 8.42. The highest BCUT2D eigenvalue weighted by Crippen LogP contribution is 2.63. The van der Waals surface area contributed by atoms with E-state index in [1.54, 1.807) is 5.54 Å². The van der Waals surface area contributed by atoms with E-state index < -0.39 is 7.26 Å². The van der Waals surface area contributed by atoms with E-state index in [-0.39, 0.29) is 0 Å². The summed E-state index contributed by atoms with van der Waals surface area (Å²) in [6, 6.07) is 41.1. The van der Waals surface area contributed by atoms with Crippen molar-refractivity contribution in [3.63, 3.8) is 0 Å². The lowest BCUT2D eigenvalue weighted by Crippen LogP contribution is -2.32. The van der Waals surface area contributed by atoms with Gasteiger partial charge < -0.3 is 0 Å². The zero-order valence-corrected chi connectivity index (χ0v) is 19.2. The molecule has 0 spiro atoms. The molecule has 4 heteroatoms. The quantitative estimate of drug-likeness (QED) is 0.224. The molecule has 0 N–H and O–H groups in total. The van der Waals surface area contributed by atoms with Gasteiger partial charge in [0.05, 0.1) is 5.54 Å². The van der Waals surface area contributed by atoms with Crippen LogP contribution in [0.5, 0.6) is 0 Å². The minimum Gasteiger partial charge on any atom is -0.199 e. The Morgan fingerprint density at radius 3 is 1.29 bits per heavy atom. The van der Waals surface area contributed by atoms with Gasteiger partial charge in [-0.3, -0.25) is 0 Å². The maximum absolute atomic E-state index is 6.72. The highest BCUT2D eigenvalue weighted by atomic mass is 35.5. The van der Waals surface area contributed by atoms with Crippen molar-refractivity contribution in [3.05, 3.63) is 138 Å². The second-order valence-electron chi connectivity index (χ2n) is 6.91. The van der Waals surface area contributed by atoms with Crippen LogP contribution in [0.2, 0.25) is 0 Å². The van der Waals surface area contributed by atoms with Gasteiger partial charge in [-0.05, 0) is 36.4 Å². The molecule has 4 rings (SSSR count). The highest BCUT2D eigenvalue weighted by molar-refractivity contribution is 7.99. The first-order valence-electron chi connectivity index (χ1n) is 9.93. The van der Waals surface area contributed by atoms with Gasteiger partial charge in [0.2, 0.25) is 5.44 Å². The molecular formula is C27H21Cl2NP+. The molecule has 0 aliphatic rings. The third kappa shape index (κ3) is 4.36. The maximum Gasteiger partial charge on any atom is 0.211 e. The molecule has 31 heavy (non-hydrogen) atoms. The molecule has 0 amide bonds. The van der Waals surface area contributed by atoms with Crippen LogP contribution in [-0.4, -0.2) is 5.17 Å². The molecule has 152 valence electrons. The van der Waals surface area contributed by atoms with Gasteiger partial charge >= 0.3 is 0 Å². The molecule has 1 nitrogen and oxygen atoms in total. The van der Waals surface area contributed by atoms with Gasteiger partial charge in [0.15, 0.2) is 7.26 Å². The van der Waals surface area contributed by atoms with Crippen molar-refractivity contribution in [3.8, 4) is 0 Å². The molecule has 4 aromatic carbocycles. The van der Waals surface area contributed by atoms with Gasteiger partial charge in [-0.15, -0.1) is 0 Å². The van der Waals surface area contributed by atoms with Crippen LogP contribution < -0.4 is 15.9 Å². The summed E-state index contributed by atoms with van der Waals surface area (Å²) in [4.78, 5) is 4.93. The third-order valence-electron chi connectivity index (χ3n) is 5.10. The monoisotopic (exact) mass is 460 g/mol. The average molecular weight is 461 g/mol. The summed E-state index contributed by atoms with van der Waals surface area (Å²) < 4.78 is 0. The molecular weight excluding hydrogens is 440 g/mol. The van der Waals surface area contributed by atoms with E-state index in [0.29, 0.717) is 5.17 Å². The van der Waals surface area contributed by atoms with Crippen LogP contribution in [0.4, 0.5) is 0 Å². The summed E-state index contributed by atoms with van der Waals surface area (Å²) in [5.74, 6) is 0. The van der Waals surface area contributed by atoms with Crippen LogP contribution in [0.1, 0.15) is 5.56 Å². The molecule has 0 aliphatic carbocycles. The summed E-state index contributed by atoms with van der Waals surface area (Å²) >= 11 is 13.2. The van der Waals surface area contributed by atoms with Crippen molar-refractivity contribution in [1.29, 1.82) is 0 Å². The van der Waals surface area contributed by atoms with Crippen molar-refractivity contribution in [2.45, 2.75) is 0 Å². The van der Waals surface area contributed by atoms with E-state index in [1.165, 1.54) is 15.9 Å². The van der Waals surface area contributed by atoms with E-state index >= 15 is 0 Å². The summed E-state index contributed by atoms with van der Waals surface area (Å²) in [5.41, 5.74) is 3.20. The Bertz CT molecular complexity index is 1080. The lowest BCUT2D eigenvalue weighted by Gasteiger charge is -2.27. The SMILES string of the molecule is Cl/C=C(/N=C(\Cl)c1ccccc1)[P+](c1ccccc1)(c1ccccc1)c1ccccc1. The second-order valence-corrected chi connectivity index (χ2v) is 10.8. The maximum atomic E-state index is 6.72. The van der Waals surface area contributed by atoms with E-state index in [0.717, 1.165) is 11.0 Å². The van der Waals surface area contributed by atoms with Crippen LogP contribution in [-0.2, 0) is 0 Å². The molecule has 0 heterocycles. The molecule has 0 unspecified atom stereocenters. The Kier molecular flexibility index (Phi) is 6.99. The van der Waals surface area contributed by atoms with Gasteiger partial charge in [-0.1, -0.05) is 108 Å². The van der Waals surface area contributed by atoms with E-state index in [9.17, 15) is 0 Å². The van der Waals surface area contributed by atoms with Crippen molar-refractivity contribution in [1.82, 2.24) is 0 Å². The molecule has 0 aliphatic heterocycles. The fourth-order valence-electron chi connectivity index (χ4n) is 3.71. The molecule has 0 aromatic heterocycles. The first-order valence-corrected chi connectivity index (χ1v) is 12.5. The Hall–Kier alpha value is -2.70. The number of hydrogen-bond acceptors (Lipinski definition) is 1. The minimum atomic E-state index is -2.38. The van der Waals surface area contributed by atoms with Crippen molar-refractivity contribution >= 4 is 51.5 Å². The number of benzene rings is 4. The fraction of sp³-hybridized carbons (Fsp3) is 0. The van der Waals surface area contributed by atoms with Gasteiger partial charge in [-0.2, -0.15) is 4.99 Å². The lowest BCUT2D eigenvalue weighted by atomic mass is 10.2. The number of halogens is 2. The summed E-state index contributed by atoms with van der Waals surface area (Å²) in [6.45, 7) is 0. The predicted molar refractivity (Wildman–Crippen MR) is 138 cm³/mol. The molecule has 4 aromatic rings. The Morgan fingerprint density at radius 1 is 0.581 bits per heavy atom. The smallest absolute Gasteiger partial charge is 0.199 e. The highest BCUT2D eigenvalue weighted by Gasteiger charge is 2.50. The van der Waals surface area contributed by atoms with Crippen LogP contribution in [0.25, 0.3) is 0 Å². The van der Waals surface area contributed by atoms with Gasteiger partial charge in [-0.25, -0.2) is 0 Å². The van der Waals surface area contributed by atoms with Crippen LogP contribution >= 0.6 is 30.5 Å². The Morgan fingerprint density at radius 2 is 0.935 bits per heavy atom. The Balaban J connectivity index is 2.04. The summed E-state index contributed by atoms with van der Waals surface area (Å²) in [7, 11) is -2.38. The average Bonchev–Trinajstić information content (AvgIpc) is 2.86. The Labute approximate surface area is 194 Å². The third-order valence-corrected chi connectivity index (χ3v) is 9.89. The minimum absolute atomic E-state index is 0.416. The van der Waals surface area contributed by atoms with Crippen molar-refractivity contribution in [2.75, 3.05) is 0 Å². The zero-order chi connectivity index (χ0) is 21.5. The van der Waals surface area contributed by atoms with Crippen LogP contribution in [0.3, 0.4) is 0 Å². The molecule has 0 radical (unpaired) electrons. The van der Waals surface area contributed by atoms with Gasteiger partial charge in [0.25, 0.3) is 0 Å². The molecule has 0 saturated carbocycles. The first kappa shape index (κ1) is 21.5. The number of aliphatic imine (C=N–C) groups is 1. The van der Waals surface area contributed by atoms with Crippen LogP contribution in [0.15, 0.2) is 137 Å². The summed E-state index contributed by atoms with van der Waals surface area (Å²) in [5, 5.41) is 3.92. The molecule has 0 atom stereocenters. The molecule has 0 fully saturated rings. The summed E-state index contributed by atoms with van der Waals surface area (Å²) in [6.07, 6.45) is 0. The number of hydrogen-bond donors (Lipinski definition) is 0. The molecule has 0 saturated heterocycles. The predicted octanol–water partition coefficient (Wildman–Crippen LogP) is 6.70. The van der Waals surface area contributed by atoms with E-state index in [2.05, 4.69) is 72.8 Å². The van der Waals surface area contributed by atoms with Gasteiger partial charge in [0.1, 0.15) is 21.1 Å². The lowest BCUT2D eigenvalue weighted by molar-refractivity contribution is 1.50. The van der Waals surface area contributed by atoms with E-state index in [4.69, 9.17) is 28.2 Å². The van der Waals surface area contributed by atoms with Crippen molar-refractivity contribution in [2.24, 2.45) is 4.99 Å². The molecule has 0 bridgehead atoms. The zero-order valence-electron chi connectivity index (χ0n) is 16.8. The van der Waals surface area contributed by atoms with Gasteiger partial charge in [0, 0.05) is 5.56 Å². The second kappa shape index (κ2) is 10.1. The number of rotatable bonds is 6.